The number of hydrogen-bond acceptors (Lipinski definition) is 1. The molecule has 0 aliphatic rings. The number of rotatable bonds is 5. The molecule has 1 unspecified atom stereocenters. The van der Waals surface area contributed by atoms with E-state index >= 15 is 0 Å². The monoisotopic (exact) mass is 267 g/mol. The molecule has 0 fully saturated rings. The van der Waals surface area contributed by atoms with Crippen LogP contribution in [0.25, 0.3) is 21.8 Å². The van der Waals surface area contributed by atoms with Crippen molar-refractivity contribution in [1.82, 2.24) is 4.57 Å². The van der Waals surface area contributed by atoms with Gasteiger partial charge in [-0.3, -0.25) is 0 Å². The van der Waals surface area contributed by atoms with Gasteiger partial charge in [0.05, 0.1) is 12.6 Å². The zero-order valence-electron chi connectivity index (χ0n) is 11.9. The molecule has 1 atom stereocenters. The van der Waals surface area contributed by atoms with Crippen LogP contribution in [-0.4, -0.2) is 16.3 Å². The van der Waals surface area contributed by atoms with Crippen molar-refractivity contribution in [3.8, 4) is 0 Å². The number of aliphatic hydroxyl groups is 1. The highest BCUT2D eigenvalue weighted by atomic mass is 16.3. The van der Waals surface area contributed by atoms with Crippen LogP contribution in [0.5, 0.6) is 0 Å². The Labute approximate surface area is 119 Å². The summed E-state index contributed by atoms with van der Waals surface area (Å²) in [5.74, 6) is 0. The van der Waals surface area contributed by atoms with Crippen LogP contribution in [0.2, 0.25) is 0 Å². The maximum atomic E-state index is 9.82. The normalized spacial score (nSPS) is 13.1. The molecule has 1 heterocycles. The van der Waals surface area contributed by atoms with Gasteiger partial charge < -0.3 is 9.67 Å². The van der Waals surface area contributed by atoms with E-state index in [1.54, 1.807) is 0 Å². The van der Waals surface area contributed by atoms with Gasteiger partial charge in [-0.15, -0.1) is 0 Å². The summed E-state index contributed by atoms with van der Waals surface area (Å²) in [5.41, 5.74) is 2.45. The summed E-state index contributed by atoms with van der Waals surface area (Å²) >= 11 is 0. The van der Waals surface area contributed by atoms with Gasteiger partial charge in [-0.2, -0.15) is 0 Å². The largest absolute Gasteiger partial charge is 0.394 e. The molecule has 0 aliphatic heterocycles. The van der Waals surface area contributed by atoms with E-state index in [9.17, 15) is 5.11 Å². The highest BCUT2D eigenvalue weighted by molar-refractivity contribution is 6.08. The number of hydrogen-bond donors (Lipinski definition) is 1. The SMILES string of the molecule is CCCCC(CO)n1c2ccccc2c2ccccc21. The van der Waals surface area contributed by atoms with Crippen molar-refractivity contribution in [3.63, 3.8) is 0 Å². The van der Waals surface area contributed by atoms with E-state index in [1.807, 2.05) is 0 Å². The predicted molar refractivity (Wildman–Crippen MR) is 85.1 cm³/mol. The van der Waals surface area contributed by atoms with Crippen LogP contribution >= 0.6 is 0 Å². The van der Waals surface area contributed by atoms with E-state index in [2.05, 4.69) is 60.0 Å². The molecule has 1 aromatic heterocycles. The van der Waals surface area contributed by atoms with Crippen molar-refractivity contribution < 1.29 is 5.11 Å². The molecular formula is C18H21NO. The number of aromatic nitrogens is 1. The molecule has 2 nitrogen and oxygen atoms in total. The lowest BCUT2D eigenvalue weighted by atomic mass is 10.1. The molecule has 3 aromatic rings. The van der Waals surface area contributed by atoms with E-state index in [0.29, 0.717) is 0 Å². The average molecular weight is 267 g/mol. The van der Waals surface area contributed by atoms with Crippen LogP contribution in [0, 0.1) is 0 Å². The summed E-state index contributed by atoms with van der Waals surface area (Å²) in [6, 6.07) is 17.1. The molecule has 2 heteroatoms. The van der Waals surface area contributed by atoms with Gasteiger partial charge in [0.2, 0.25) is 0 Å². The highest BCUT2D eigenvalue weighted by Gasteiger charge is 2.16. The number of benzene rings is 2. The maximum Gasteiger partial charge on any atom is 0.0639 e. The Bertz CT molecular complexity index is 660. The molecule has 1 N–H and O–H groups in total. The molecular weight excluding hydrogens is 246 g/mol. The highest BCUT2D eigenvalue weighted by Crippen LogP contribution is 2.33. The Morgan fingerprint density at radius 3 is 2.00 bits per heavy atom. The zero-order chi connectivity index (χ0) is 13.9. The third kappa shape index (κ3) is 2.10. The van der Waals surface area contributed by atoms with Gasteiger partial charge in [-0.1, -0.05) is 56.2 Å². The number of fused-ring (bicyclic) bond motifs is 3. The minimum absolute atomic E-state index is 0.166. The van der Waals surface area contributed by atoms with E-state index in [0.717, 1.165) is 19.3 Å². The van der Waals surface area contributed by atoms with Gasteiger partial charge >= 0.3 is 0 Å². The maximum absolute atomic E-state index is 9.82. The fourth-order valence-electron chi connectivity index (χ4n) is 3.09. The van der Waals surface area contributed by atoms with Crippen LogP contribution in [0.3, 0.4) is 0 Å². The third-order valence-electron chi connectivity index (χ3n) is 4.08. The van der Waals surface area contributed by atoms with Gasteiger partial charge in [-0.25, -0.2) is 0 Å². The molecule has 0 bridgehead atoms. The Kier molecular flexibility index (Phi) is 3.75. The first-order chi connectivity index (χ1) is 9.86. The van der Waals surface area contributed by atoms with Crippen molar-refractivity contribution >= 4 is 21.8 Å². The van der Waals surface area contributed by atoms with E-state index in [-0.39, 0.29) is 12.6 Å². The van der Waals surface area contributed by atoms with Gasteiger partial charge in [-0.05, 0) is 18.6 Å². The van der Waals surface area contributed by atoms with Crippen molar-refractivity contribution in [3.05, 3.63) is 48.5 Å². The predicted octanol–water partition coefficient (Wildman–Crippen LogP) is 4.52. The molecule has 0 aliphatic carbocycles. The molecule has 104 valence electrons. The van der Waals surface area contributed by atoms with Crippen LogP contribution < -0.4 is 0 Å². The summed E-state index contributed by atoms with van der Waals surface area (Å²) in [6.45, 7) is 2.39. The Balaban J connectivity index is 2.25. The third-order valence-corrected chi connectivity index (χ3v) is 4.08. The molecule has 20 heavy (non-hydrogen) atoms. The molecule has 0 saturated carbocycles. The molecule has 0 spiro atoms. The minimum atomic E-state index is 0.166. The summed E-state index contributed by atoms with van der Waals surface area (Å²) in [6.07, 6.45) is 3.33. The number of nitrogens with zero attached hydrogens (tertiary/aromatic N) is 1. The standard InChI is InChI=1S/C18H21NO/c1-2-3-8-14(13-20)19-17-11-6-4-9-15(17)16-10-5-7-12-18(16)19/h4-7,9-12,14,20H,2-3,8,13H2,1H3. The van der Waals surface area contributed by atoms with E-state index in [1.165, 1.54) is 21.8 Å². The topological polar surface area (TPSA) is 25.2 Å². The van der Waals surface area contributed by atoms with Crippen molar-refractivity contribution in [2.75, 3.05) is 6.61 Å². The zero-order valence-corrected chi connectivity index (χ0v) is 11.9. The Hall–Kier alpha value is -1.80. The summed E-state index contributed by atoms with van der Waals surface area (Å²) < 4.78 is 2.32. The quantitative estimate of drug-likeness (QED) is 0.722. The second-order valence-corrected chi connectivity index (χ2v) is 5.38. The van der Waals surface area contributed by atoms with Crippen LogP contribution in [0.1, 0.15) is 32.2 Å². The number of unbranched alkanes of at least 4 members (excludes halogenated alkanes) is 1. The Morgan fingerprint density at radius 1 is 0.950 bits per heavy atom. The molecule has 2 aromatic carbocycles. The summed E-state index contributed by atoms with van der Waals surface area (Å²) in [4.78, 5) is 0. The second kappa shape index (κ2) is 5.68. The fraction of sp³-hybridized carbons (Fsp3) is 0.333. The van der Waals surface area contributed by atoms with Crippen molar-refractivity contribution in [2.45, 2.75) is 32.2 Å². The smallest absolute Gasteiger partial charge is 0.0639 e. The second-order valence-electron chi connectivity index (χ2n) is 5.38. The molecule has 0 radical (unpaired) electrons. The lowest BCUT2D eigenvalue weighted by molar-refractivity contribution is 0.224. The Morgan fingerprint density at radius 2 is 1.50 bits per heavy atom. The molecule has 0 amide bonds. The molecule has 0 saturated heterocycles. The van der Waals surface area contributed by atoms with E-state index in [4.69, 9.17) is 0 Å². The van der Waals surface area contributed by atoms with Crippen LogP contribution in [-0.2, 0) is 0 Å². The van der Waals surface area contributed by atoms with E-state index < -0.39 is 0 Å². The van der Waals surface area contributed by atoms with Crippen LogP contribution in [0.15, 0.2) is 48.5 Å². The van der Waals surface area contributed by atoms with Gasteiger partial charge in [0.15, 0.2) is 0 Å². The number of aliphatic hydroxyl groups excluding tert-OH is 1. The van der Waals surface area contributed by atoms with Crippen molar-refractivity contribution in [2.24, 2.45) is 0 Å². The van der Waals surface area contributed by atoms with Gasteiger partial charge in [0, 0.05) is 21.8 Å². The molecule has 3 rings (SSSR count). The summed E-state index contributed by atoms with van der Waals surface area (Å²) in [5, 5.41) is 12.4. The average Bonchev–Trinajstić information content (AvgIpc) is 2.84. The van der Waals surface area contributed by atoms with Crippen molar-refractivity contribution in [1.29, 1.82) is 0 Å². The number of para-hydroxylation sites is 2. The van der Waals surface area contributed by atoms with Gasteiger partial charge in [0.1, 0.15) is 0 Å². The lowest BCUT2D eigenvalue weighted by Crippen LogP contribution is -2.13. The fourth-order valence-corrected chi connectivity index (χ4v) is 3.09. The minimum Gasteiger partial charge on any atom is -0.394 e. The van der Waals surface area contributed by atoms with Gasteiger partial charge in [0.25, 0.3) is 0 Å². The first kappa shape index (κ1) is 13.2. The lowest BCUT2D eigenvalue weighted by Gasteiger charge is -2.19. The first-order valence-corrected chi connectivity index (χ1v) is 7.45. The van der Waals surface area contributed by atoms with Crippen LogP contribution in [0.4, 0.5) is 0 Å². The summed E-state index contributed by atoms with van der Waals surface area (Å²) in [7, 11) is 0. The first-order valence-electron chi connectivity index (χ1n) is 7.45.